The van der Waals surface area contributed by atoms with Gasteiger partial charge in [0.15, 0.2) is 0 Å². The topological polar surface area (TPSA) is 32.3 Å². The normalized spacial score (nSPS) is 17.9. The molecule has 0 aliphatic heterocycles. The standard InChI is InChI=1S/C11H22N2O/c1-4-5-9(2)12-8-11(14)13(3)10-6-7-10/h9-10,12H,4-8H2,1-3H3. The number of rotatable bonds is 6. The largest absolute Gasteiger partial charge is 0.342 e. The zero-order chi connectivity index (χ0) is 10.6. The zero-order valence-corrected chi connectivity index (χ0v) is 9.55. The number of nitrogens with one attached hydrogen (secondary N) is 1. The third-order valence-electron chi connectivity index (χ3n) is 2.81. The molecule has 0 saturated heterocycles. The van der Waals surface area contributed by atoms with E-state index in [2.05, 4.69) is 19.2 Å². The average Bonchev–Trinajstić information content (AvgIpc) is 2.96. The van der Waals surface area contributed by atoms with E-state index in [-0.39, 0.29) is 5.91 Å². The number of hydrogen-bond acceptors (Lipinski definition) is 2. The van der Waals surface area contributed by atoms with Crippen LogP contribution in [0.15, 0.2) is 0 Å². The minimum Gasteiger partial charge on any atom is -0.342 e. The molecule has 1 unspecified atom stereocenters. The fraction of sp³-hybridized carbons (Fsp3) is 0.909. The number of amides is 1. The van der Waals surface area contributed by atoms with Gasteiger partial charge in [-0.25, -0.2) is 0 Å². The molecule has 1 aliphatic carbocycles. The van der Waals surface area contributed by atoms with Crippen molar-refractivity contribution in [2.45, 2.75) is 51.6 Å². The molecule has 0 spiro atoms. The molecule has 1 aliphatic rings. The zero-order valence-electron chi connectivity index (χ0n) is 9.55. The van der Waals surface area contributed by atoms with Gasteiger partial charge in [0, 0.05) is 19.1 Å². The van der Waals surface area contributed by atoms with Gasteiger partial charge >= 0.3 is 0 Å². The van der Waals surface area contributed by atoms with Gasteiger partial charge in [0.1, 0.15) is 0 Å². The fourth-order valence-corrected chi connectivity index (χ4v) is 1.59. The predicted octanol–water partition coefficient (Wildman–Crippen LogP) is 1.39. The summed E-state index contributed by atoms with van der Waals surface area (Å²) >= 11 is 0. The lowest BCUT2D eigenvalue weighted by Gasteiger charge is -2.18. The SMILES string of the molecule is CCCC(C)NCC(=O)N(C)C1CC1. The summed E-state index contributed by atoms with van der Waals surface area (Å²) in [5, 5.41) is 3.26. The van der Waals surface area contributed by atoms with Gasteiger partial charge in [0.25, 0.3) is 0 Å². The van der Waals surface area contributed by atoms with Crippen LogP contribution in [0.25, 0.3) is 0 Å². The highest BCUT2D eigenvalue weighted by Gasteiger charge is 2.29. The summed E-state index contributed by atoms with van der Waals surface area (Å²) < 4.78 is 0. The molecule has 1 amide bonds. The monoisotopic (exact) mass is 198 g/mol. The molecule has 14 heavy (non-hydrogen) atoms. The lowest BCUT2D eigenvalue weighted by molar-refractivity contribution is -0.129. The van der Waals surface area contributed by atoms with E-state index in [0.717, 1.165) is 6.42 Å². The van der Waals surface area contributed by atoms with Crippen molar-refractivity contribution in [2.75, 3.05) is 13.6 Å². The van der Waals surface area contributed by atoms with Crippen LogP contribution in [0.2, 0.25) is 0 Å². The van der Waals surface area contributed by atoms with Crippen LogP contribution in [0.4, 0.5) is 0 Å². The van der Waals surface area contributed by atoms with E-state index in [4.69, 9.17) is 0 Å². The van der Waals surface area contributed by atoms with E-state index in [0.29, 0.717) is 18.6 Å². The van der Waals surface area contributed by atoms with Crippen molar-refractivity contribution in [3.05, 3.63) is 0 Å². The summed E-state index contributed by atoms with van der Waals surface area (Å²) in [5.41, 5.74) is 0. The molecule has 3 nitrogen and oxygen atoms in total. The van der Waals surface area contributed by atoms with Crippen molar-refractivity contribution in [1.29, 1.82) is 0 Å². The maximum atomic E-state index is 11.6. The van der Waals surface area contributed by atoms with E-state index in [1.165, 1.54) is 19.3 Å². The minimum atomic E-state index is 0.232. The average molecular weight is 198 g/mol. The molecule has 82 valence electrons. The smallest absolute Gasteiger partial charge is 0.236 e. The lowest BCUT2D eigenvalue weighted by Crippen LogP contribution is -2.39. The van der Waals surface area contributed by atoms with Crippen molar-refractivity contribution >= 4 is 5.91 Å². The molecular formula is C11H22N2O. The lowest BCUT2D eigenvalue weighted by atomic mass is 10.2. The first-order valence-electron chi connectivity index (χ1n) is 5.64. The van der Waals surface area contributed by atoms with Crippen molar-refractivity contribution in [3.8, 4) is 0 Å². The fourth-order valence-electron chi connectivity index (χ4n) is 1.59. The van der Waals surface area contributed by atoms with Gasteiger partial charge in [-0.1, -0.05) is 13.3 Å². The molecule has 1 saturated carbocycles. The summed E-state index contributed by atoms with van der Waals surface area (Å²) in [6.07, 6.45) is 4.68. The molecule has 0 bridgehead atoms. The van der Waals surface area contributed by atoms with Crippen LogP contribution in [0, 0.1) is 0 Å². The summed E-state index contributed by atoms with van der Waals surface area (Å²) in [6, 6.07) is 0.988. The van der Waals surface area contributed by atoms with E-state index >= 15 is 0 Å². The summed E-state index contributed by atoms with van der Waals surface area (Å²) in [5.74, 6) is 0.232. The molecule has 0 aromatic carbocycles. The first-order valence-corrected chi connectivity index (χ1v) is 5.64. The number of carbonyl (C=O) groups is 1. The van der Waals surface area contributed by atoms with Crippen molar-refractivity contribution in [2.24, 2.45) is 0 Å². The third kappa shape index (κ3) is 3.66. The Morgan fingerprint density at radius 1 is 1.57 bits per heavy atom. The van der Waals surface area contributed by atoms with Gasteiger partial charge in [0.2, 0.25) is 5.91 Å². The van der Waals surface area contributed by atoms with Crippen molar-refractivity contribution < 1.29 is 4.79 Å². The molecule has 1 rings (SSSR count). The van der Waals surface area contributed by atoms with Crippen LogP contribution < -0.4 is 5.32 Å². The molecule has 3 heteroatoms. The minimum absolute atomic E-state index is 0.232. The van der Waals surface area contributed by atoms with E-state index in [9.17, 15) is 4.79 Å². The Morgan fingerprint density at radius 2 is 2.21 bits per heavy atom. The molecule has 0 aromatic heterocycles. The van der Waals surface area contributed by atoms with Crippen LogP contribution >= 0.6 is 0 Å². The second-order valence-electron chi connectivity index (χ2n) is 4.31. The third-order valence-corrected chi connectivity index (χ3v) is 2.81. The van der Waals surface area contributed by atoms with Crippen molar-refractivity contribution in [1.82, 2.24) is 10.2 Å². The number of carbonyl (C=O) groups excluding carboxylic acids is 1. The Hall–Kier alpha value is -0.570. The maximum absolute atomic E-state index is 11.6. The molecule has 1 fully saturated rings. The number of hydrogen-bond donors (Lipinski definition) is 1. The quantitative estimate of drug-likeness (QED) is 0.699. The summed E-state index contributed by atoms with van der Waals surface area (Å²) in [6.45, 7) is 4.79. The van der Waals surface area contributed by atoms with E-state index < -0.39 is 0 Å². The van der Waals surface area contributed by atoms with Crippen molar-refractivity contribution in [3.63, 3.8) is 0 Å². The van der Waals surface area contributed by atoms with Gasteiger partial charge in [-0.05, 0) is 26.2 Å². The molecular weight excluding hydrogens is 176 g/mol. The van der Waals surface area contributed by atoms with Crippen LogP contribution in [0.5, 0.6) is 0 Å². The summed E-state index contributed by atoms with van der Waals surface area (Å²) in [4.78, 5) is 13.5. The van der Waals surface area contributed by atoms with Gasteiger partial charge in [0.05, 0.1) is 6.54 Å². The highest BCUT2D eigenvalue weighted by Crippen LogP contribution is 2.25. The molecule has 0 aromatic rings. The van der Waals surface area contributed by atoms with Gasteiger partial charge in [-0.2, -0.15) is 0 Å². The molecule has 1 atom stereocenters. The Kier molecular flexibility index (Phi) is 4.39. The first-order chi connectivity index (χ1) is 6.65. The molecule has 0 heterocycles. The van der Waals surface area contributed by atoms with Crippen LogP contribution in [0.3, 0.4) is 0 Å². The van der Waals surface area contributed by atoms with E-state index in [1.807, 2.05) is 11.9 Å². The van der Waals surface area contributed by atoms with Crippen LogP contribution in [0.1, 0.15) is 39.5 Å². The Morgan fingerprint density at radius 3 is 2.71 bits per heavy atom. The van der Waals surface area contributed by atoms with Gasteiger partial charge < -0.3 is 10.2 Å². The molecule has 0 radical (unpaired) electrons. The van der Waals surface area contributed by atoms with Gasteiger partial charge in [-0.15, -0.1) is 0 Å². The van der Waals surface area contributed by atoms with Gasteiger partial charge in [-0.3, -0.25) is 4.79 Å². The highest BCUT2D eigenvalue weighted by molar-refractivity contribution is 5.78. The maximum Gasteiger partial charge on any atom is 0.236 e. The van der Waals surface area contributed by atoms with Crippen LogP contribution in [-0.2, 0) is 4.79 Å². The Bertz CT molecular complexity index is 190. The van der Waals surface area contributed by atoms with E-state index in [1.54, 1.807) is 0 Å². The predicted molar refractivity (Wildman–Crippen MR) is 58.2 cm³/mol. The number of nitrogens with zero attached hydrogens (tertiary/aromatic N) is 1. The van der Waals surface area contributed by atoms with Crippen LogP contribution in [-0.4, -0.2) is 36.5 Å². The highest BCUT2D eigenvalue weighted by atomic mass is 16.2. The second-order valence-corrected chi connectivity index (χ2v) is 4.31. The summed E-state index contributed by atoms with van der Waals surface area (Å²) in [7, 11) is 1.91. The molecule has 1 N–H and O–H groups in total. The first kappa shape index (κ1) is 11.5. The second kappa shape index (κ2) is 5.35. The number of likely N-dealkylation sites (N-methyl/N-ethyl adjacent to an activating group) is 1. The Labute approximate surface area is 86.9 Å². The Balaban J connectivity index is 2.13.